The van der Waals surface area contributed by atoms with E-state index < -0.39 is 10.0 Å². The number of primary sulfonamides is 1. The molecule has 1 fully saturated rings. The first-order valence-corrected chi connectivity index (χ1v) is 14.0. The Morgan fingerprint density at radius 1 is 0.921 bits per heavy atom. The predicted octanol–water partition coefficient (Wildman–Crippen LogP) is 2.81. The predicted molar refractivity (Wildman–Crippen MR) is 146 cm³/mol. The summed E-state index contributed by atoms with van der Waals surface area (Å²) >= 11 is 0. The fourth-order valence-corrected chi connectivity index (χ4v) is 5.13. The second-order valence-electron chi connectivity index (χ2n) is 9.11. The number of amides is 1. The fourth-order valence-electron chi connectivity index (χ4n) is 4.62. The number of piperazine rings is 1. The van der Waals surface area contributed by atoms with Gasteiger partial charge in [-0.05, 0) is 35.2 Å². The third-order valence-corrected chi connectivity index (χ3v) is 7.53. The second-order valence-corrected chi connectivity index (χ2v) is 10.7. The van der Waals surface area contributed by atoms with Crippen molar-refractivity contribution in [3.63, 3.8) is 0 Å². The summed E-state index contributed by atoms with van der Waals surface area (Å²) in [6.07, 6.45) is 2.05. The van der Waals surface area contributed by atoms with Crippen LogP contribution in [0.15, 0.2) is 102 Å². The van der Waals surface area contributed by atoms with Gasteiger partial charge in [0.2, 0.25) is 10.0 Å². The van der Waals surface area contributed by atoms with Crippen LogP contribution in [-0.2, 0) is 21.2 Å². The van der Waals surface area contributed by atoms with E-state index in [2.05, 4.69) is 34.5 Å². The molecule has 3 aromatic rings. The Hall–Kier alpha value is -3.97. The van der Waals surface area contributed by atoms with Crippen molar-refractivity contribution in [3.8, 4) is 6.07 Å². The van der Waals surface area contributed by atoms with Gasteiger partial charge in [-0.1, -0.05) is 72.8 Å². The summed E-state index contributed by atoms with van der Waals surface area (Å²) in [5.74, 6) is -0.284. The van der Waals surface area contributed by atoms with Crippen LogP contribution in [-0.4, -0.2) is 56.8 Å². The summed E-state index contributed by atoms with van der Waals surface area (Å²) in [6.45, 7) is 2.94. The second kappa shape index (κ2) is 12.5. The lowest BCUT2D eigenvalue weighted by molar-refractivity contribution is -0.128. The number of nitrogens with two attached hydrogens (primary N) is 1. The molecule has 0 spiro atoms. The highest BCUT2D eigenvalue weighted by atomic mass is 32.2. The molecule has 1 heterocycles. The van der Waals surface area contributed by atoms with Crippen molar-refractivity contribution in [1.82, 2.24) is 15.1 Å². The van der Waals surface area contributed by atoms with Gasteiger partial charge in [0.1, 0.15) is 11.6 Å². The van der Waals surface area contributed by atoms with E-state index in [9.17, 15) is 18.5 Å². The van der Waals surface area contributed by atoms with Crippen molar-refractivity contribution in [2.24, 2.45) is 5.14 Å². The average Bonchev–Trinajstić information content (AvgIpc) is 2.94. The molecule has 0 saturated carbocycles. The van der Waals surface area contributed by atoms with E-state index in [1.807, 2.05) is 42.5 Å². The molecule has 1 aliphatic rings. The van der Waals surface area contributed by atoms with E-state index in [-0.39, 0.29) is 22.4 Å². The largest absolute Gasteiger partial charge is 0.389 e. The van der Waals surface area contributed by atoms with Crippen LogP contribution in [0.3, 0.4) is 0 Å². The Kier molecular flexibility index (Phi) is 8.92. The average molecular weight is 530 g/mol. The summed E-state index contributed by atoms with van der Waals surface area (Å²) in [6, 6.07) is 29.1. The van der Waals surface area contributed by atoms with Crippen LogP contribution < -0.4 is 10.5 Å². The van der Waals surface area contributed by atoms with Crippen LogP contribution in [0.25, 0.3) is 0 Å². The molecule has 3 N–H and O–H groups in total. The highest BCUT2D eigenvalue weighted by Gasteiger charge is 2.29. The number of nitrogens with one attached hydrogen (secondary N) is 1. The van der Waals surface area contributed by atoms with Gasteiger partial charge < -0.3 is 10.2 Å². The van der Waals surface area contributed by atoms with E-state index in [4.69, 9.17) is 5.14 Å². The Labute approximate surface area is 224 Å². The minimum absolute atomic E-state index is 0.0606. The van der Waals surface area contributed by atoms with E-state index in [0.29, 0.717) is 39.1 Å². The van der Waals surface area contributed by atoms with Gasteiger partial charge in [0.25, 0.3) is 5.91 Å². The van der Waals surface area contributed by atoms with Gasteiger partial charge in [-0.15, -0.1) is 0 Å². The Morgan fingerprint density at radius 2 is 1.47 bits per heavy atom. The van der Waals surface area contributed by atoms with Crippen molar-refractivity contribution < 1.29 is 13.2 Å². The third-order valence-electron chi connectivity index (χ3n) is 6.60. The van der Waals surface area contributed by atoms with E-state index in [1.165, 1.54) is 29.5 Å². The number of nitrogens with zero attached hydrogens (tertiary/aromatic N) is 3. The first kappa shape index (κ1) is 27.1. The van der Waals surface area contributed by atoms with Crippen molar-refractivity contribution in [2.75, 3.05) is 32.7 Å². The van der Waals surface area contributed by atoms with Gasteiger partial charge in [-0.25, -0.2) is 13.6 Å². The minimum atomic E-state index is -3.72. The third kappa shape index (κ3) is 6.86. The first-order chi connectivity index (χ1) is 18.4. The monoisotopic (exact) mass is 529 g/mol. The highest BCUT2D eigenvalue weighted by molar-refractivity contribution is 7.89. The van der Waals surface area contributed by atoms with Crippen molar-refractivity contribution in [2.45, 2.75) is 17.4 Å². The van der Waals surface area contributed by atoms with Crippen LogP contribution in [0.2, 0.25) is 0 Å². The number of carbonyl (C=O) groups is 1. The van der Waals surface area contributed by atoms with Crippen molar-refractivity contribution in [3.05, 3.63) is 113 Å². The van der Waals surface area contributed by atoms with Gasteiger partial charge in [-0.3, -0.25) is 9.69 Å². The summed E-state index contributed by atoms with van der Waals surface area (Å²) in [5, 5.41) is 17.8. The smallest absolute Gasteiger partial charge is 0.266 e. The molecule has 9 heteroatoms. The molecule has 1 amide bonds. The van der Waals surface area contributed by atoms with E-state index in [1.54, 1.807) is 17.0 Å². The zero-order valence-corrected chi connectivity index (χ0v) is 21.8. The topological polar surface area (TPSA) is 120 Å². The van der Waals surface area contributed by atoms with Gasteiger partial charge in [0, 0.05) is 38.9 Å². The standard InChI is InChI=1S/C29H31N5O3S/c30-21-26(22-32-16-15-23-11-13-27(14-12-23)38(31,36)37)29(35)34-19-17-33(18-20-34)28(24-7-3-1-4-8-24)25-9-5-2-6-10-25/h1-14,22,28,32H,15-20H2,(H2,31,36,37)/b26-22-. The van der Waals surface area contributed by atoms with Crippen LogP contribution in [0, 0.1) is 11.3 Å². The van der Waals surface area contributed by atoms with Crippen molar-refractivity contribution in [1.29, 1.82) is 5.26 Å². The van der Waals surface area contributed by atoms with Gasteiger partial charge in [0.05, 0.1) is 10.9 Å². The zero-order valence-electron chi connectivity index (χ0n) is 21.0. The molecule has 1 saturated heterocycles. The molecule has 0 aliphatic carbocycles. The molecule has 0 aromatic heterocycles. The minimum Gasteiger partial charge on any atom is -0.389 e. The number of rotatable bonds is 9. The van der Waals surface area contributed by atoms with Gasteiger partial charge in [0.15, 0.2) is 0 Å². The Balaban J connectivity index is 1.33. The molecule has 38 heavy (non-hydrogen) atoms. The zero-order chi connectivity index (χ0) is 27.0. The number of carbonyl (C=O) groups excluding carboxylic acids is 1. The van der Waals surface area contributed by atoms with E-state index >= 15 is 0 Å². The van der Waals surface area contributed by atoms with Crippen LogP contribution in [0.5, 0.6) is 0 Å². The number of benzene rings is 3. The molecule has 0 radical (unpaired) electrons. The van der Waals surface area contributed by atoms with Gasteiger partial charge in [-0.2, -0.15) is 5.26 Å². The lowest BCUT2D eigenvalue weighted by Crippen LogP contribution is -2.50. The SMILES string of the molecule is N#C/C(=C/NCCc1ccc(S(N)(=O)=O)cc1)C(=O)N1CCN(C(c2ccccc2)c2ccccc2)CC1. The molecule has 0 unspecified atom stereocenters. The molecular formula is C29H31N5O3S. The maximum Gasteiger partial charge on any atom is 0.266 e. The fraction of sp³-hybridized carbons (Fsp3) is 0.241. The molecule has 196 valence electrons. The number of sulfonamides is 1. The molecule has 4 rings (SSSR count). The molecule has 8 nitrogen and oxygen atoms in total. The van der Waals surface area contributed by atoms with Crippen LogP contribution in [0.4, 0.5) is 0 Å². The van der Waals surface area contributed by atoms with Gasteiger partial charge >= 0.3 is 0 Å². The maximum absolute atomic E-state index is 13.0. The summed E-state index contributed by atoms with van der Waals surface area (Å²) in [7, 11) is -3.72. The molecule has 1 aliphatic heterocycles. The summed E-state index contributed by atoms with van der Waals surface area (Å²) in [4.78, 5) is 17.2. The molecule has 0 atom stereocenters. The van der Waals surface area contributed by atoms with Crippen LogP contribution >= 0.6 is 0 Å². The van der Waals surface area contributed by atoms with Crippen molar-refractivity contribution >= 4 is 15.9 Å². The summed E-state index contributed by atoms with van der Waals surface area (Å²) in [5.41, 5.74) is 3.38. The lowest BCUT2D eigenvalue weighted by atomic mass is 9.96. The number of hydrogen-bond donors (Lipinski definition) is 2. The first-order valence-electron chi connectivity index (χ1n) is 12.5. The molecule has 0 bridgehead atoms. The Morgan fingerprint density at radius 3 is 1.97 bits per heavy atom. The molecule has 3 aromatic carbocycles. The number of hydrogen-bond acceptors (Lipinski definition) is 6. The number of nitriles is 1. The molecular weight excluding hydrogens is 498 g/mol. The maximum atomic E-state index is 13.0. The normalized spacial score (nSPS) is 14.8. The Bertz CT molecular complexity index is 1350. The van der Waals surface area contributed by atoms with E-state index in [0.717, 1.165) is 5.56 Å². The highest BCUT2D eigenvalue weighted by Crippen LogP contribution is 2.29. The summed E-state index contributed by atoms with van der Waals surface area (Å²) < 4.78 is 22.8. The van der Waals surface area contributed by atoms with Crippen LogP contribution in [0.1, 0.15) is 22.7 Å². The lowest BCUT2D eigenvalue weighted by Gasteiger charge is -2.39. The quantitative estimate of drug-likeness (QED) is 0.250.